The molecule has 0 aromatic rings. The van der Waals surface area contributed by atoms with E-state index < -0.39 is 0 Å². The highest BCUT2D eigenvalue weighted by Gasteiger charge is 2.49. The average Bonchev–Trinajstić information content (AvgIpc) is 2.39. The second-order valence-electron chi connectivity index (χ2n) is 6.11. The van der Waals surface area contributed by atoms with Gasteiger partial charge in [-0.25, -0.2) is 0 Å². The van der Waals surface area contributed by atoms with Gasteiger partial charge in [-0.2, -0.15) is 0 Å². The van der Waals surface area contributed by atoms with Gasteiger partial charge in [0, 0.05) is 17.5 Å². The van der Waals surface area contributed by atoms with Crippen LogP contribution in [-0.4, -0.2) is 28.3 Å². The lowest BCUT2D eigenvalue weighted by atomic mass is 9.83. The van der Waals surface area contributed by atoms with Crippen molar-refractivity contribution in [2.75, 3.05) is 0 Å². The van der Waals surface area contributed by atoms with Gasteiger partial charge in [0.1, 0.15) is 0 Å². The number of carbonyl (C=O) groups excluding carboxylic acids is 1. The fraction of sp³-hybridized carbons (Fsp3) is 0.923. The first-order valence-corrected chi connectivity index (χ1v) is 6.25. The fourth-order valence-electron chi connectivity index (χ4n) is 3.59. The molecular weight excluding hydrogens is 186 g/mol. The van der Waals surface area contributed by atoms with Crippen LogP contribution in [-0.2, 0) is 4.79 Å². The van der Waals surface area contributed by atoms with Crippen molar-refractivity contribution in [1.82, 2.24) is 4.90 Å². The number of nitrogens with zero attached hydrogens (tertiary/aromatic N) is 1. The molecular formula is C13H23NO. The van der Waals surface area contributed by atoms with E-state index in [2.05, 4.69) is 32.6 Å². The smallest absolute Gasteiger partial charge is 0.154 e. The summed E-state index contributed by atoms with van der Waals surface area (Å²) in [6.45, 7) is 8.78. The van der Waals surface area contributed by atoms with E-state index in [4.69, 9.17) is 0 Å². The lowest BCUT2D eigenvalue weighted by Crippen LogP contribution is -2.49. The SMILES string of the molecule is C[C@H]1C(=O)C2CCCCC2N1C(C)(C)C. The molecule has 2 aliphatic rings. The van der Waals surface area contributed by atoms with Gasteiger partial charge in [-0.1, -0.05) is 12.8 Å². The molecule has 1 saturated heterocycles. The third-order valence-corrected chi connectivity index (χ3v) is 4.06. The van der Waals surface area contributed by atoms with E-state index in [1.54, 1.807) is 0 Å². The zero-order valence-electron chi connectivity index (χ0n) is 10.4. The molecule has 15 heavy (non-hydrogen) atoms. The molecule has 2 unspecified atom stereocenters. The van der Waals surface area contributed by atoms with Crippen molar-refractivity contribution in [2.45, 2.75) is 71.0 Å². The van der Waals surface area contributed by atoms with Crippen molar-refractivity contribution in [2.24, 2.45) is 5.92 Å². The highest BCUT2D eigenvalue weighted by atomic mass is 16.1. The lowest BCUT2D eigenvalue weighted by Gasteiger charge is -2.41. The molecule has 0 amide bonds. The van der Waals surface area contributed by atoms with Crippen LogP contribution in [0.3, 0.4) is 0 Å². The first-order valence-electron chi connectivity index (χ1n) is 6.25. The summed E-state index contributed by atoms with van der Waals surface area (Å²) < 4.78 is 0. The van der Waals surface area contributed by atoms with E-state index in [0.29, 0.717) is 17.7 Å². The summed E-state index contributed by atoms with van der Waals surface area (Å²) in [4.78, 5) is 14.6. The normalized spacial score (nSPS) is 38.1. The molecule has 0 spiro atoms. The summed E-state index contributed by atoms with van der Waals surface area (Å²) in [7, 11) is 0. The van der Waals surface area contributed by atoms with Crippen LogP contribution in [0.5, 0.6) is 0 Å². The van der Waals surface area contributed by atoms with Crippen molar-refractivity contribution in [1.29, 1.82) is 0 Å². The molecule has 2 heteroatoms. The molecule has 2 nitrogen and oxygen atoms in total. The molecule has 86 valence electrons. The van der Waals surface area contributed by atoms with Gasteiger partial charge in [0.15, 0.2) is 5.78 Å². The van der Waals surface area contributed by atoms with Gasteiger partial charge >= 0.3 is 0 Å². The number of fused-ring (bicyclic) bond motifs is 1. The molecule has 0 aromatic heterocycles. The van der Waals surface area contributed by atoms with Crippen LogP contribution < -0.4 is 0 Å². The Kier molecular flexibility index (Phi) is 2.66. The summed E-state index contributed by atoms with van der Waals surface area (Å²) in [6.07, 6.45) is 4.89. The van der Waals surface area contributed by atoms with Crippen molar-refractivity contribution in [3.05, 3.63) is 0 Å². The van der Waals surface area contributed by atoms with Gasteiger partial charge in [0.05, 0.1) is 6.04 Å². The topological polar surface area (TPSA) is 20.3 Å². The van der Waals surface area contributed by atoms with E-state index in [0.717, 1.165) is 6.42 Å². The first kappa shape index (κ1) is 11.1. The van der Waals surface area contributed by atoms with E-state index in [1.165, 1.54) is 19.3 Å². The van der Waals surface area contributed by atoms with E-state index in [9.17, 15) is 4.79 Å². The number of ketones is 1. The highest BCUT2D eigenvalue weighted by molar-refractivity contribution is 5.89. The standard InChI is InChI=1S/C13H23NO/c1-9-12(15)10-7-5-6-8-11(10)14(9)13(2,3)4/h9-11H,5-8H2,1-4H3/t9-,10?,11?/m0/s1. The van der Waals surface area contributed by atoms with E-state index in [-0.39, 0.29) is 11.6 Å². The van der Waals surface area contributed by atoms with E-state index in [1.807, 2.05) is 0 Å². The zero-order chi connectivity index (χ0) is 11.2. The van der Waals surface area contributed by atoms with Gasteiger partial charge in [0.2, 0.25) is 0 Å². The van der Waals surface area contributed by atoms with Crippen molar-refractivity contribution in [3.8, 4) is 0 Å². The summed E-state index contributed by atoms with van der Waals surface area (Å²) in [5, 5.41) is 0. The van der Waals surface area contributed by atoms with Crippen LogP contribution in [0.15, 0.2) is 0 Å². The maximum atomic E-state index is 12.2. The van der Waals surface area contributed by atoms with Crippen LogP contribution in [0.4, 0.5) is 0 Å². The minimum absolute atomic E-state index is 0.131. The minimum Gasteiger partial charge on any atom is -0.298 e. The maximum Gasteiger partial charge on any atom is 0.154 e. The Morgan fingerprint density at radius 1 is 1.20 bits per heavy atom. The summed E-state index contributed by atoms with van der Waals surface area (Å²) in [5.74, 6) is 0.836. The predicted octanol–water partition coefficient (Wildman–Crippen LogP) is 2.62. The van der Waals surface area contributed by atoms with Gasteiger partial charge in [0.25, 0.3) is 0 Å². The fourth-order valence-corrected chi connectivity index (χ4v) is 3.59. The van der Waals surface area contributed by atoms with Crippen molar-refractivity contribution in [3.63, 3.8) is 0 Å². The van der Waals surface area contributed by atoms with Crippen molar-refractivity contribution >= 4 is 5.78 Å². The predicted molar refractivity (Wildman–Crippen MR) is 61.8 cm³/mol. The number of hydrogen-bond donors (Lipinski definition) is 0. The van der Waals surface area contributed by atoms with Gasteiger partial charge in [-0.15, -0.1) is 0 Å². The molecule has 1 saturated carbocycles. The largest absolute Gasteiger partial charge is 0.298 e. The molecule has 1 heterocycles. The Hall–Kier alpha value is -0.370. The molecule has 0 bridgehead atoms. The van der Waals surface area contributed by atoms with Gasteiger partial charge in [-0.05, 0) is 40.5 Å². The Bertz CT molecular complexity index is 266. The number of Topliss-reactive ketones (excluding diaryl/α,β-unsaturated/α-hetero) is 1. The molecule has 1 aliphatic carbocycles. The lowest BCUT2D eigenvalue weighted by molar-refractivity contribution is -0.123. The third kappa shape index (κ3) is 1.73. The van der Waals surface area contributed by atoms with Crippen LogP contribution in [0, 0.1) is 5.92 Å². The molecule has 2 fully saturated rings. The van der Waals surface area contributed by atoms with Gasteiger partial charge < -0.3 is 0 Å². The zero-order valence-corrected chi connectivity index (χ0v) is 10.4. The first-order chi connectivity index (χ1) is 6.93. The Morgan fingerprint density at radius 2 is 1.80 bits per heavy atom. The van der Waals surface area contributed by atoms with E-state index >= 15 is 0 Å². The Balaban J connectivity index is 2.27. The Morgan fingerprint density at radius 3 is 2.40 bits per heavy atom. The number of likely N-dealkylation sites (tertiary alicyclic amines) is 1. The van der Waals surface area contributed by atoms with Crippen LogP contribution in [0.1, 0.15) is 53.4 Å². The quantitative estimate of drug-likeness (QED) is 0.611. The molecule has 3 atom stereocenters. The Labute approximate surface area is 93.0 Å². The summed E-state index contributed by atoms with van der Waals surface area (Å²) in [6, 6.07) is 0.666. The summed E-state index contributed by atoms with van der Waals surface area (Å²) >= 11 is 0. The minimum atomic E-state index is 0.131. The van der Waals surface area contributed by atoms with Crippen LogP contribution >= 0.6 is 0 Å². The average molecular weight is 209 g/mol. The number of rotatable bonds is 0. The second-order valence-corrected chi connectivity index (χ2v) is 6.11. The van der Waals surface area contributed by atoms with Crippen LogP contribution in [0.2, 0.25) is 0 Å². The monoisotopic (exact) mass is 209 g/mol. The van der Waals surface area contributed by atoms with Gasteiger partial charge in [-0.3, -0.25) is 9.69 Å². The second kappa shape index (κ2) is 3.58. The number of hydrogen-bond acceptors (Lipinski definition) is 2. The summed E-state index contributed by atoms with van der Waals surface area (Å²) in [5.41, 5.74) is 0.131. The molecule has 0 radical (unpaired) electrons. The molecule has 0 N–H and O–H groups in total. The molecule has 2 rings (SSSR count). The highest BCUT2D eigenvalue weighted by Crippen LogP contribution is 2.40. The molecule has 1 aliphatic heterocycles. The van der Waals surface area contributed by atoms with Crippen LogP contribution in [0.25, 0.3) is 0 Å². The number of carbonyl (C=O) groups is 1. The van der Waals surface area contributed by atoms with Crippen molar-refractivity contribution < 1.29 is 4.79 Å². The molecule has 0 aromatic carbocycles. The third-order valence-electron chi connectivity index (χ3n) is 4.06. The maximum absolute atomic E-state index is 12.2.